The number of nitrogens with two attached hydrogens (primary N) is 1. The van der Waals surface area contributed by atoms with Crippen LogP contribution in [0.15, 0.2) is 71.7 Å². The summed E-state index contributed by atoms with van der Waals surface area (Å²) in [6.07, 6.45) is 4.35. The van der Waals surface area contributed by atoms with Crippen molar-refractivity contribution in [3.63, 3.8) is 0 Å². The van der Waals surface area contributed by atoms with E-state index in [2.05, 4.69) is 53.5 Å². The highest BCUT2D eigenvalue weighted by atomic mass is 16.1. The molecule has 1 aromatic heterocycles. The maximum Gasteiger partial charge on any atom is 0.251 e. The van der Waals surface area contributed by atoms with Gasteiger partial charge in [0, 0.05) is 23.7 Å². The van der Waals surface area contributed by atoms with E-state index in [9.17, 15) is 4.79 Å². The van der Waals surface area contributed by atoms with Gasteiger partial charge in [-0.25, -0.2) is 0 Å². The van der Waals surface area contributed by atoms with Crippen LogP contribution in [0, 0.1) is 0 Å². The first-order valence-electron chi connectivity index (χ1n) is 8.83. The summed E-state index contributed by atoms with van der Waals surface area (Å²) in [6.45, 7) is 0. The molecular formula is C22H22N2O. The molecule has 0 saturated carbocycles. The molecule has 3 heteroatoms. The van der Waals surface area contributed by atoms with Crippen LogP contribution in [-0.2, 0) is 12.8 Å². The standard InChI is InChI=1S/C22H22N2O/c23-20-10-9-17-11-12-24-22(25)21(17)19(20)14-15-5-4-8-18(13-15)16-6-2-1-3-7-16/h1-8,11-13,19-20H,9-10,14,23H2,(H,24,25). The van der Waals surface area contributed by atoms with Crippen LogP contribution < -0.4 is 11.3 Å². The van der Waals surface area contributed by atoms with Crippen LogP contribution in [0.1, 0.15) is 29.0 Å². The Morgan fingerprint density at radius 3 is 2.64 bits per heavy atom. The molecule has 0 radical (unpaired) electrons. The molecule has 2 unspecified atom stereocenters. The van der Waals surface area contributed by atoms with Gasteiger partial charge in [0.1, 0.15) is 0 Å². The van der Waals surface area contributed by atoms with Gasteiger partial charge in [0.2, 0.25) is 0 Å². The second-order valence-electron chi connectivity index (χ2n) is 6.83. The normalized spacial score (nSPS) is 19.4. The molecule has 25 heavy (non-hydrogen) atoms. The molecule has 3 nitrogen and oxygen atoms in total. The first kappa shape index (κ1) is 15.9. The van der Waals surface area contributed by atoms with E-state index in [4.69, 9.17) is 5.73 Å². The highest BCUT2D eigenvalue weighted by Crippen LogP contribution is 2.32. The number of aromatic amines is 1. The van der Waals surface area contributed by atoms with Crippen molar-refractivity contribution in [2.45, 2.75) is 31.2 Å². The Balaban J connectivity index is 1.68. The lowest BCUT2D eigenvalue weighted by Gasteiger charge is -2.30. The smallest absolute Gasteiger partial charge is 0.251 e. The van der Waals surface area contributed by atoms with Crippen LogP contribution in [0.2, 0.25) is 0 Å². The van der Waals surface area contributed by atoms with E-state index in [0.29, 0.717) is 0 Å². The van der Waals surface area contributed by atoms with Crippen LogP contribution in [0.3, 0.4) is 0 Å². The van der Waals surface area contributed by atoms with E-state index in [0.717, 1.165) is 30.4 Å². The van der Waals surface area contributed by atoms with Gasteiger partial charge in [0.25, 0.3) is 5.56 Å². The summed E-state index contributed by atoms with van der Waals surface area (Å²) >= 11 is 0. The molecule has 4 rings (SSSR count). The quantitative estimate of drug-likeness (QED) is 0.770. The van der Waals surface area contributed by atoms with Crippen molar-refractivity contribution in [2.75, 3.05) is 0 Å². The lowest BCUT2D eigenvalue weighted by atomic mass is 9.77. The molecule has 0 spiro atoms. The minimum atomic E-state index is 0.0110. The molecule has 0 bridgehead atoms. The molecule has 1 heterocycles. The number of hydrogen-bond acceptors (Lipinski definition) is 2. The number of fused-ring (bicyclic) bond motifs is 1. The first-order valence-corrected chi connectivity index (χ1v) is 8.83. The average molecular weight is 330 g/mol. The van der Waals surface area contributed by atoms with Gasteiger partial charge in [-0.3, -0.25) is 4.79 Å². The number of benzene rings is 2. The molecule has 3 aromatic rings. The molecule has 126 valence electrons. The molecule has 0 fully saturated rings. The van der Waals surface area contributed by atoms with Crippen molar-refractivity contribution in [2.24, 2.45) is 5.73 Å². The number of pyridine rings is 1. The van der Waals surface area contributed by atoms with Gasteiger partial charge in [0.05, 0.1) is 0 Å². The van der Waals surface area contributed by atoms with Gasteiger partial charge in [-0.15, -0.1) is 0 Å². The largest absolute Gasteiger partial charge is 0.329 e. The van der Waals surface area contributed by atoms with Gasteiger partial charge in [-0.1, -0.05) is 54.6 Å². The number of rotatable bonds is 3. The number of hydrogen-bond donors (Lipinski definition) is 2. The van der Waals surface area contributed by atoms with E-state index in [1.165, 1.54) is 16.7 Å². The van der Waals surface area contributed by atoms with Crippen LogP contribution in [0.4, 0.5) is 0 Å². The summed E-state index contributed by atoms with van der Waals surface area (Å²) in [6, 6.07) is 21.0. The Morgan fingerprint density at radius 2 is 1.80 bits per heavy atom. The van der Waals surface area contributed by atoms with Crippen LogP contribution in [0.25, 0.3) is 11.1 Å². The maximum absolute atomic E-state index is 12.4. The monoisotopic (exact) mass is 330 g/mol. The van der Waals surface area contributed by atoms with Crippen molar-refractivity contribution in [3.05, 3.63) is 93.9 Å². The van der Waals surface area contributed by atoms with Crippen molar-refractivity contribution < 1.29 is 0 Å². The van der Waals surface area contributed by atoms with Crippen molar-refractivity contribution in [1.29, 1.82) is 0 Å². The predicted octanol–water partition coefficient (Wildman–Crippen LogP) is 3.64. The summed E-state index contributed by atoms with van der Waals surface area (Å²) in [5, 5.41) is 0. The topological polar surface area (TPSA) is 58.9 Å². The van der Waals surface area contributed by atoms with Crippen molar-refractivity contribution >= 4 is 0 Å². The Labute approximate surface area is 147 Å². The Bertz CT molecular complexity index is 930. The van der Waals surface area contributed by atoms with Gasteiger partial charge in [-0.2, -0.15) is 0 Å². The van der Waals surface area contributed by atoms with Crippen molar-refractivity contribution in [1.82, 2.24) is 4.98 Å². The molecule has 2 aromatic carbocycles. The van der Waals surface area contributed by atoms with E-state index in [1.807, 2.05) is 12.1 Å². The second kappa shape index (κ2) is 6.69. The van der Waals surface area contributed by atoms with E-state index < -0.39 is 0 Å². The van der Waals surface area contributed by atoms with Crippen LogP contribution in [-0.4, -0.2) is 11.0 Å². The van der Waals surface area contributed by atoms with Crippen LogP contribution in [0.5, 0.6) is 0 Å². The summed E-state index contributed by atoms with van der Waals surface area (Å²) in [4.78, 5) is 15.2. The summed E-state index contributed by atoms with van der Waals surface area (Å²) in [5.74, 6) is 0.0692. The number of aromatic nitrogens is 1. The van der Waals surface area contributed by atoms with Crippen molar-refractivity contribution in [3.8, 4) is 11.1 Å². The van der Waals surface area contributed by atoms with E-state index >= 15 is 0 Å². The lowest BCUT2D eigenvalue weighted by Crippen LogP contribution is -2.38. The van der Waals surface area contributed by atoms with Gasteiger partial charge >= 0.3 is 0 Å². The predicted molar refractivity (Wildman–Crippen MR) is 102 cm³/mol. The molecule has 0 saturated heterocycles. The van der Waals surface area contributed by atoms with Gasteiger partial charge in [-0.05, 0) is 47.6 Å². The summed E-state index contributed by atoms with van der Waals surface area (Å²) < 4.78 is 0. The van der Waals surface area contributed by atoms with Gasteiger partial charge in [0.15, 0.2) is 0 Å². The fourth-order valence-corrected chi connectivity index (χ4v) is 3.91. The second-order valence-corrected chi connectivity index (χ2v) is 6.83. The Morgan fingerprint density at radius 1 is 1.00 bits per heavy atom. The fraction of sp³-hybridized carbons (Fsp3) is 0.227. The highest BCUT2D eigenvalue weighted by molar-refractivity contribution is 5.64. The lowest BCUT2D eigenvalue weighted by molar-refractivity contribution is 0.463. The fourth-order valence-electron chi connectivity index (χ4n) is 3.91. The molecule has 1 aliphatic carbocycles. The first-order chi connectivity index (χ1) is 12.2. The van der Waals surface area contributed by atoms with Crippen LogP contribution >= 0.6 is 0 Å². The molecule has 3 N–H and O–H groups in total. The number of nitrogens with one attached hydrogen (secondary N) is 1. The SMILES string of the molecule is NC1CCc2cc[nH]c(=O)c2C1Cc1cccc(-c2ccccc2)c1. The summed E-state index contributed by atoms with van der Waals surface area (Å²) in [5.41, 5.74) is 12.1. The highest BCUT2D eigenvalue weighted by Gasteiger charge is 2.29. The molecule has 1 aliphatic rings. The zero-order chi connectivity index (χ0) is 17.2. The average Bonchev–Trinajstić information content (AvgIpc) is 2.65. The molecule has 2 atom stereocenters. The molecule has 0 amide bonds. The molecular weight excluding hydrogens is 308 g/mol. The third-order valence-electron chi connectivity index (χ3n) is 5.21. The number of H-pyrrole nitrogens is 1. The third-order valence-corrected chi connectivity index (χ3v) is 5.21. The minimum Gasteiger partial charge on any atom is -0.329 e. The Hall–Kier alpha value is -2.65. The third kappa shape index (κ3) is 3.15. The minimum absolute atomic E-state index is 0.0110. The number of aryl methyl sites for hydroxylation is 1. The zero-order valence-corrected chi connectivity index (χ0v) is 14.1. The van der Waals surface area contributed by atoms with Gasteiger partial charge < -0.3 is 10.7 Å². The zero-order valence-electron chi connectivity index (χ0n) is 14.1. The molecule has 0 aliphatic heterocycles. The maximum atomic E-state index is 12.4. The van der Waals surface area contributed by atoms with E-state index in [1.54, 1.807) is 6.20 Å². The Kier molecular flexibility index (Phi) is 4.24. The van der Waals surface area contributed by atoms with E-state index in [-0.39, 0.29) is 17.5 Å². The summed E-state index contributed by atoms with van der Waals surface area (Å²) in [7, 11) is 0.